The minimum Gasteiger partial charge on any atom is -0.385 e. The third-order valence-electron chi connectivity index (χ3n) is 3.38. The lowest BCUT2D eigenvalue weighted by atomic mass is 10.1. The Hall–Kier alpha value is -2.08. The molecular weight excluding hydrogens is 363 g/mol. The van der Waals surface area contributed by atoms with Gasteiger partial charge in [0.05, 0.1) is 10.0 Å². The number of halogens is 2. The number of carbonyl (C=O) groups is 2. The zero-order valence-corrected chi connectivity index (χ0v) is 15.2. The highest BCUT2D eigenvalue weighted by Crippen LogP contribution is 2.25. The Morgan fingerprint density at radius 2 is 1.72 bits per heavy atom. The van der Waals surface area contributed by atoms with Crippen LogP contribution in [0.2, 0.25) is 10.0 Å². The van der Waals surface area contributed by atoms with Gasteiger partial charge < -0.3 is 15.4 Å². The first kappa shape index (κ1) is 19.2. The number of ether oxygens (including phenoxy) is 1. The van der Waals surface area contributed by atoms with E-state index in [-0.39, 0.29) is 11.8 Å². The number of hydrogen-bond donors (Lipinski definition) is 2. The number of nitrogens with one attached hydrogen (secondary N) is 2. The molecule has 0 fully saturated rings. The van der Waals surface area contributed by atoms with Crippen LogP contribution in [0.25, 0.3) is 0 Å². The summed E-state index contributed by atoms with van der Waals surface area (Å²) in [5.41, 5.74) is 1.31. The molecule has 0 saturated carbocycles. The van der Waals surface area contributed by atoms with Crippen molar-refractivity contribution in [3.05, 3.63) is 63.6 Å². The summed E-state index contributed by atoms with van der Waals surface area (Å²) in [6.45, 7) is 1.08. The van der Waals surface area contributed by atoms with E-state index < -0.39 is 0 Å². The van der Waals surface area contributed by atoms with Gasteiger partial charge >= 0.3 is 0 Å². The molecule has 0 aliphatic heterocycles. The second-order valence-corrected chi connectivity index (χ2v) is 6.08. The molecule has 2 rings (SSSR count). The lowest BCUT2D eigenvalue weighted by Crippen LogP contribution is -2.25. The topological polar surface area (TPSA) is 67.4 Å². The van der Waals surface area contributed by atoms with E-state index in [4.69, 9.17) is 27.9 Å². The molecule has 2 aromatic rings. The molecule has 0 radical (unpaired) electrons. The largest absolute Gasteiger partial charge is 0.385 e. The van der Waals surface area contributed by atoms with Crippen LogP contribution in [0.15, 0.2) is 42.5 Å². The number of methoxy groups -OCH3 is 1. The van der Waals surface area contributed by atoms with Crippen LogP contribution in [0.1, 0.15) is 27.1 Å². The van der Waals surface area contributed by atoms with Gasteiger partial charge in [-0.25, -0.2) is 0 Å². The number of amides is 2. The second-order valence-electron chi connectivity index (χ2n) is 5.27. The third kappa shape index (κ3) is 5.74. The molecule has 0 bridgehead atoms. The Labute approximate surface area is 156 Å². The Morgan fingerprint density at radius 3 is 2.40 bits per heavy atom. The molecule has 0 aliphatic rings. The maximum absolute atomic E-state index is 12.3. The minimum atomic E-state index is -0.340. The molecule has 0 atom stereocenters. The number of carbonyl (C=O) groups excluding carboxylic acids is 2. The van der Waals surface area contributed by atoms with E-state index in [2.05, 4.69) is 10.6 Å². The van der Waals surface area contributed by atoms with Crippen LogP contribution in [0.3, 0.4) is 0 Å². The molecule has 132 valence electrons. The number of benzene rings is 2. The highest BCUT2D eigenvalue weighted by atomic mass is 35.5. The van der Waals surface area contributed by atoms with Crippen LogP contribution in [-0.2, 0) is 4.74 Å². The first-order valence-electron chi connectivity index (χ1n) is 7.65. The van der Waals surface area contributed by atoms with Crippen LogP contribution >= 0.6 is 23.2 Å². The van der Waals surface area contributed by atoms with Crippen molar-refractivity contribution < 1.29 is 14.3 Å². The van der Waals surface area contributed by atoms with E-state index in [9.17, 15) is 9.59 Å². The van der Waals surface area contributed by atoms with E-state index >= 15 is 0 Å². The molecule has 7 heteroatoms. The molecule has 0 spiro atoms. The van der Waals surface area contributed by atoms with Crippen LogP contribution < -0.4 is 10.6 Å². The number of hydrogen-bond acceptors (Lipinski definition) is 3. The van der Waals surface area contributed by atoms with Crippen molar-refractivity contribution >= 4 is 40.7 Å². The summed E-state index contributed by atoms with van der Waals surface area (Å²) in [4.78, 5) is 24.5. The number of anilines is 1. The highest BCUT2D eigenvalue weighted by molar-refractivity contribution is 6.42. The second kappa shape index (κ2) is 9.42. The maximum Gasteiger partial charge on any atom is 0.255 e. The van der Waals surface area contributed by atoms with Gasteiger partial charge in [-0.15, -0.1) is 0 Å². The Balaban J connectivity index is 2.03. The van der Waals surface area contributed by atoms with Crippen LogP contribution in [-0.4, -0.2) is 32.1 Å². The molecular formula is C18H18Cl2N2O3. The monoisotopic (exact) mass is 380 g/mol. The average molecular weight is 381 g/mol. The Morgan fingerprint density at radius 1 is 1.00 bits per heavy atom. The predicted octanol–water partition coefficient (Wildman–Crippen LogP) is 4.01. The van der Waals surface area contributed by atoms with Crippen molar-refractivity contribution in [1.29, 1.82) is 0 Å². The van der Waals surface area contributed by atoms with Crippen molar-refractivity contribution in [2.24, 2.45) is 0 Å². The first-order chi connectivity index (χ1) is 12.0. The van der Waals surface area contributed by atoms with Gasteiger partial charge in [-0.1, -0.05) is 29.3 Å². The van der Waals surface area contributed by atoms with E-state index in [1.54, 1.807) is 49.6 Å². The summed E-state index contributed by atoms with van der Waals surface area (Å²) >= 11 is 11.8. The number of rotatable bonds is 7. The molecule has 2 N–H and O–H groups in total. The standard InChI is InChI=1S/C18H18Cl2N2O3/c1-25-9-3-8-21-17(23)12-4-2-5-13(10-12)18(24)22-14-6-7-15(19)16(20)11-14/h2,4-7,10-11H,3,8-9H2,1H3,(H,21,23)(H,22,24). The SMILES string of the molecule is COCCCNC(=O)c1cccc(C(=O)Nc2ccc(Cl)c(Cl)c2)c1. The predicted molar refractivity (Wildman–Crippen MR) is 99.7 cm³/mol. The fraction of sp³-hybridized carbons (Fsp3) is 0.222. The molecule has 25 heavy (non-hydrogen) atoms. The molecule has 2 aromatic carbocycles. The molecule has 2 amide bonds. The van der Waals surface area contributed by atoms with Gasteiger partial charge in [0, 0.05) is 37.1 Å². The molecule has 0 aromatic heterocycles. The van der Waals surface area contributed by atoms with Gasteiger partial charge in [0.2, 0.25) is 0 Å². The summed E-state index contributed by atoms with van der Waals surface area (Å²) in [5.74, 6) is -0.576. The highest BCUT2D eigenvalue weighted by Gasteiger charge is 2.11. The Kier molecular flexibility index (Phi) is 7.25. The van der Waals surface area contributed by atoms with Crippen molar-refractivity contribution in [3.63, 3.8) is 0 Å². The molecule has 0 unspecified atom stereocenters. The summed E-state index contributed by atoms with van der Waals surface area (Å²) < 4.78 is 4.93. The zero-order valence-electron chi connectivity index (χ0n) is 13.6. The Bertz CT molecular complexity index is 766. The minimum absolute atomic E-state index is 0.236. The van der Waals surface area contributed by atoms with Crippen molar-refractivity contribution in [3.8, 4) is 0 Å². The summed E-state index contributed by atoms with van der Waals surface area (Å²) in [7, 11) is 1.61. The van der Waals surface area contributed by atoms with Crippen molar-refractivity contribution in [2.45, 2.75) is 6.42 Å². The van der Waals surface area contributed by atoms with Gasteiger partial charge in [-0.05, 0) is 42.8 Å². The van der Waals surface area contributed by atoms with Gasteiger partial charge in [-0.3, -0.25) is 9.59 Å². The molecule has 0 saturated heterocycles. The van der Waals surface area contributed by atoms with Crippen molar-refractivity contribution in [2.75, 3.05) is 25.6 Å². The van der Waals surface area contributed by atoms with Gasteiger partial charge in [0.25, 0.3) is 11.8 Å². The lowest BCUT2D eigenvalue weighted by molar-refractivity contribution is 0.0948. The summed E-state index contributed by atoms with van der Waals surface area (Å²) in [6, 6.07) is 11.3. The fourth-order valence-corrected chi connectivity index (χ4v) is 2.40. The summed E-state index contributed by atoms with van der Waals surface area (Å²) in [5, 5.41) is 6.26. The van der Waals surface area contributed by atoms with Gasteiger partial charge in [0.15, 0.2) is 0 Å². The van der Waals surface area contributed by atoms with E-state index in [0.29, 0.717) is 40.0 Å². The molecule has 0 heterocycles. The van der Waals surface area contributed by atoms with E-state index in [1.807, 2.05) is 0 Å². The van der Waals surface area contributed by atoms with Crippen molar-refractivity contribution in [1.82, 2.24) is 5.32 Å². The van der Waals surface area contributed by atoms with Gasteiger partial charge in [-0.2, -0.15) is 0 Å². The molecule has 0 aliphatic carbocycles. The van der Waals surface area contributed by atoms with Crippen LogP contribution in [0.5, 0.6) is 0 Å². The zero-order chi connectivity index (χ0) is 18.2. The quantitative estimate of drug-likeness (QED) is 0.712. The van der Waals surface area contributed by atoms with E-state index in [0.717, 1.165) is 6.42 Å². The third-order valence-corrected chi connectivity index (χ3v) is 4.11. The maximum atomic E-state index is 12.3. The van der Waals surface area contributed by atoms with Crippen LogP contribution in [0, 0.1) is 0 Å². The fourth-order valence-electron chi connectivity index (χ4n) is 2.10. The average Bonchev–Trinajstić information content (AvgIpc) is 2.62. The first-order valence-corrected chi connectivity index (χ1v) is 8.40. The normalized spacial score (nSPS) is 10.4. The van der Waals surface area contributed by atoms with Crippen LogP contribution in [0.4, 0.5) is 5.69 Å². The van der Waals surface area contributed by atoms with Gasteiger partial charge in [0.1, 0.15) is 0 Å². The smallest absolute Gasteiger partial charge is 0.255 e. The summed E-state index contributed by atoms with van der Waals surface area (Å²) in [6.07, 6.45) is 0.722. The molecule has 5 nitrogen and oxygen atoms in total. The lowest BCUT2D eigenvalue weighted by Gasteiger charge is -2.08. The van der Waals surface area contributed by atoms with E-state index in [1.165, 1.54) is 0 Å².